The minimum absolute atomic E-state index is 0.379. The lowest BCUT2D eigenvalue weighted by molar-refractivity contribution is -0.135. The van der Waals surface area contributed by atoms with Crippen molar-refractivity contribution in [2.24, 2.45) is 0 Å². The van der Waals surface area contributed by atoms with Gasteiger partial charge in [0.15, 0.2) is 0 Å². The molecule has 0 fully saturated rings. The summed E-state index contributed by atoms with van der Waals surface area (Å²) in [7, 11) is 1.37. The fourth-order valence-electron chi connectivity index (χ4n) is 2.82. The summed E-state index contributed by atoms with van der Waals surface area (Å²) in [4.78, 5) is 16.5. The van der Waals surface area contributed by atoms with Gasteiger partial charge in [-0.3, -0.25) is 10.1 Å². The molecule has 3 aromatic rings. The van der Waals surface area contributed by atoms with Gasteiger partial charge >= 0.3 is 5.97 Å². The van der Waals surface area contributed by atoms with Crippen molar-refractivity contribution in [2.45, 2.75) is 13.8 Å². The summed E-state index contributed by atoms with van der Waals surface area (Å²) >= 11 is 0. The molecule has 2 aromatic heterocycles. The molecule has 136 valence electrons. The number of carbonyl (C=O) groups is 1. The Balaban J connectivity index is 2.13. The number of H-pyrrole nitrogens is 1. The second-order valence-electron chi connectivity index (χ2n) is 6.12. The molecule has 27 heavy (non-hydrogen) atoms. The number of aromatic amines is 1. The number of hydrogen-bond acceptors (Lipinski definition) is 4. The number of allylic oxidation sites excluding steroid dienone is 1. The number of rotatable bonds is 4. The maximum absolute atomic E-state index is 11.9. The third kappa shape index (κ3) is 3.87. The van der Waals surface area contributed by atoms with Crippen molar-refractivity contribution >= 4 is 18.6 Å². The molecule has 0 aliphatic carbocycles. The van der Waals surface area contributed by atoms with E-state index in [4.69, 9.17) is 4.74 Å². The molecule has 3 rings (SSSR count). The number of aromatic nitrogens is 3. The quantitative estimate of drug-likeness (QED) is 0.574. The number of ether oxygens (including phenoxy) is 1. The van der Waals surface area contributed by atoms with Crippen LogP contribution >= 0.6 is 0 Å². The van der Waals surface area contributed by atoms with Crippen molar-refractivity contribution in [3.05, 3.63) is 70.4 Å². The first kappa shape index (κ1) is 18.3. The van der Waals surface area contributed by atoms with Crippen LogP contribution in [0.1, 0.15) is 12.6 Å². The van der Waals surface area contributed by atoms with E-state index in [1.165, 1.54) is 7.11 Å². The molecule has 0 atom stereocenters. The standard InChI is InChI=1S/C22H21N3O2/c1-5-16(22(26)27-4)11-18-12-17(10-9-14(18)2)19-13-23-25-21(19)20-8-6-7-15(3)24-20/h5-13H,2H2,1,3-4H3,(H,23,25)/b16-5+,18-11-. The van der Waals surface area contributed by atoms with Gasteiger partial charge in [-0.15, -0.1) is 0 Å². The van der Waals surface area contributed by atoms with Crippen LogP contribution in [0.3, 0.4) is 0 Å². The molecule has 5 heteroatoms. The molecule has 0 unspecified atom stereocenters. The predicted octanol–water partition coefficient (Wildman–Crippen LogP) is 2.76. The smallest absolute Gasteiger partial charge is 0.337 e. The molecule has 5 nitrogen and oxygen atoms in total. The van der Waals surface area contributed by atoms with E-state index in [9.17, 15) is 4.79 Å². The lowest BCUT2D eigenvalue weighted by atomic mass is 10.0. The van der Waals surface area contributed by atoms with Crippen molar-refractivity contribution in [1.29, 1.82) is 0 Å². The fourth-order valence-corrected chi connectivity index (χ4v) is 2.82. The molecule has 1 aromatic carbocycles. The zero-order valence-electron chi connectivity index (χ0n) is 15.6. The van der Waals surface area contributed by atoms with Gasteiger partial charge in [0.05, 0.1) is 30.3 Å². The highest BCUT2D eigenvalue weighted by atomic mass is 16.5. The van der Waals surface area contributed by atoms with Gasteiger partial charge in [0, 0.05) is 11.3 Å². The van der Waals surface area contributed by atoms with Gasteiger partial charge in [0.2, 0.25) is 0 Å². The molecular weight excluding hydrogens is 338 g/mol. The average Bonchev–Trinajstić information content (AvgIpc) is 3.16. The van der Waals surface area contributed by atoms with E-state index >= 15 is 0 Å². The van der Waals surface area contributed by atoms with Crippen molar-refractivity contribution in [2.75, 3.05) is 7.11 Å². The Kier molecular flexibility index (Phi) is 5.31. The summed E-state index contributed by atoms with van der Waals surface area (Å²) in [6, 6.07) is 11.8. The Labute approximate surface area is 157 Å². The minimum Gasteiger partial charge on any atom is -0.465 e. The van der Waals surface area contributed by atoms with Crippen molar-refractivity contribution in [3.63, 3.8) is 0 Å². The van der Waals surface area contributed by atoms with Crippen LogP contribution < -0.4 is 10.4 Å². The van der Waals surface area contributed by atoms with Gasteiger partial charge in [-0.25, -0.2) is 4.79 Å². The first-order chi connectivity index (χ1) is 13.0. The predicted molar refractivity (Wildman–Crippen MR) is 107 cm³/mol. The number of hydrogen-bond donors (Lipinski definition) is 1. The summed E-state index contributed by atoms with van der Waals surface area (Å²) in [6.07, 6.45) is 5.28. The van der Waals surface area contributed by atoms with Gasteiger partial charge in [0.25, 0.3) is 0 Å². The van der Waals surface area contributed by atoms with E-state index in [0.29, 0.717) is 5.57 Å². The van der Waals surface area contributed by atoms with Gasteiger partial charge in [0.1, 0.15) is 0 Å². The largest absolute Gasteiger partial charge is 0.465 e. The highest BCUT2D eigenvalue weighted by Crippen LogP contribution is 2.27. The zero-order chi connectivity index (χ0) is 19.4. The Bertz CT molecular complexity index is 1130. The Morgan fingerprint density at radius 1 is 1.26 bits per heavy atom. The number of nitrogens with zero attached hydrogens (tertiary/aromatic N) is 2. The fraction of sp³-hybridized carbons (Fsp3) is 0.136. The van der Waals surface area contributed by atoms with Crippen molar-refractivity contribution < 1.29 is 9.53 Å². The molecule has 0 saturated heterocycles. The molecule has 0 aliphatic heterocycles. The average molecular weight is 359 g/mol. The van der Waals surface area contributed by atoms with Crippen LogP contribution in [0.15, 0.2) is 54.2 Å². The topological polar surface area (TPSA) is 67.9 Å². The SMILES string of the molecule is C=c1ccc(-c2cn[nH]c2-c2cccc(C)n2)c/c1=C/C(=C\C)C(=O)OC. The zero-order valence-corrected chi connectivity index (χ0v) is 15.6. The Hall–Kier alpha value is -3.47. The van der Waals surface area contributed by atoms with E-state index < -0.39 is 0 Å². The number of nitrogens with one attached hydrogen (secondary N) is 1. The monoisotopic (exact) mass is 359 g/mol. The van der Waals surface area contributed by atoms with E-state index in [1.54, 1.807) is 25.3 Å². The lowest BCUT2D eigenvalue weighted by Crippen LogP contribution is -2.23. The highest BCUT2D eigenvalue weighted by Gasteiger charge is 2.11. The number of esters is 1. The molecule has 0 bridgehead atoms. The molecule has 1 N–H and O–H groups in total. The van der Waals surface area contributed by atoms with Crippen molar-refractivity contribution in [3.8, 4) is 22.5 Å². The third-order valence-electron chi connectivity index (χ3n) is 4.28. The summed E-state index contributed by atoms with van der Waals surface area (Å²) in [5.74, 6) is -0.379. The maximum Gasteiger partial charge on any atom is 0.337 e. The summed E-state index contributed by atoms with van der Waals surface area (Å²) in [6.45, 7) is 7.81. The number of pyridine rings is 1. The van der Waals surface area contributed by atoms with Gasteiger partial charge in [-0.1, -0.05) is 30.9 Å². The van der Waals surface area contributed by atoms with Crippen LogP contribution in [0.4, 0.5) is 0 Å². The second kappa shape index (κ2) is 7.83. The normalized spacial score (nSPS) is 12.3. The van der Waals surface area contributed by atoms with Crippen LogP contribution in [0, 0.1) is 6.92 Å². The van der Waals surface area contributed by atoms with Crippen molar-refractivity contribution in [1.82, 2.24) is 15.2 Å². The Morgan fingerprint density at radius 2 is 2.07 bits per heavy atom. The van der Waals surface area contributed by atoms with Crippen LogP contribution in [0.25, 0.3) is 35.2 Å². The van der Waals surface area contributed by atoms with Crippen LogP contribution in [0.5, 0.6) is 0 Å². The van der Waals surface area contributed by atoms with E-state index in [-0.39, 0.29) is 5.97 Å². The molecule has 0 spiro atoms. The highest BCUT2D eigenvalue weighted by molar-refractivity contribution is 5.97. The second-order valence-corrected chi connectivity index (χ2v) is 6.12. The molecule has 2 heterocycles. The first-order valence-corrected chi connectivity index (χ1v) is 8.56. The molecular formula is C22H21N3O2. The van der Waals surface area contributed by atoms with Crippen LogP contribution in [-0.2, 0) is 9.53 Å². The van der Waals surface area contributed by atoms with Gasteiger partial charge in [-0.2, -0.15) is 5.10 Å². The summed E-state index contributed by atoms with van der Waals surface area (Å²) in [5.41, 5.74) is 4.98. The summed E-state index contributed by atoms with van der Waals surface area (Å²) < 4.78 is 4.82. The molecule has 0 radical (unpaired) electrons. The molecule has 0 saturated carbocycles. The number of methoxy groups -OCH3 is 1. The Morgan fingerprint density at radius 3 is 2.78 bits per heavy atom. The first-order valence-electron chi connectivity index (χ1n) is 8.56. The van der Waals surface area contributed by atoms with E-state index in [2.05, 4.69) is 21.8 Å². The molecule has 0 amide bonds. The number of carbonyl (C=O) groups excluding carboxylic acids is 1. The van der Waals surface area contributed by atoms with E-state index in [1.807, 2.05) is 43.3 Å². The minimum atomic E-state index is -0.379. The molecule has 0 aliphatic rings. The van der Waals surface area contributed by atoms with Crippen LogP contribution in [-0.4, -0.2) is 28.3 Å². The van der Waals surface area contributed by atoms with Crippen LogP contribution in [0.2, 0.25) is 0 Å². The van der Waals surface area contributed by atoms with Gasteiger partial charge < -0.3 is 4.74 Å². The summed E-state index contributed by atoms with van der Waals surface area (Å²) in [5, 5.41) is 8.90. The van der Waals surface area contributed by atoms with E-state index in [0.717, 1.165) is 38.6 Å². The van der Waals surface area contributed by atoms with Gasteiger partial charge in [-0.05, 0) is 54.1 Å². The number of aryl methyl sites for hydroxylation is 1. The third-order valence-corrected chi connectivity index (χ3v) is 4.28. The lowest BCUT2D eigenvalue weighted by Gasteiger charge is -2.05. The number of benzene rings is 1. The maximum atomic E-state index is 11.9.